The van der Waals surface area contributed by atoms with E-state index in [1.54, 1.807) is 24.3 Å². The van der Waals surface area contributed by atoms with Crippen LogP contribution in [0.4, 0.5) is 0 Å². The van der Waals surface area contributed by atoms with Gasteiger partial charge >= 0.3 is 23.9 Å². The maximum absolute atomic E-state index is 11.8. The summed E-state index contributed by atoms with van der Waals surface area (Å²) in [5, 5.41) is 3.05. The summed E-state index contributed by atoms with van der Waals surface area (Å²) in [6, 6.07) is 6.33. The Bertz CT molecular complexity index is 925. The molecule has 1 aromatic carbocycles. The zero-order valence-electron chi connectivity index (χ0n) is 18.8. The van der Waals surface area contributed by atoms with Crippen molar-refractivity contribution >= 4 is 52.9 Å². The zero-order chi connectivity index (χ0) is 25.4. The first-order valence-electron chi connectivity index (χ1n) is 10.0. The Morgan fingerprint density at radius 1 is 0.882 bits per heavy atom. The van der Waals surface area contributed by atoms with Crippen LogP contribution in [0.5, 0.6) is 5.75 Å². The average molecular weight is 518 g/mol. The highest BCUT2D eigenvalue weighted by Crippen LogP contribution is 2.28. The summed E-state index contributed by atoms with van der Waals surface area (Å²) >= 11 is 11.1. The lowest BCUT2D eigenvalue weighted by molar-refractivity contribution is -0.255. The number of carbonyl (C=O) groups is 4. The molecule has 1 N–H and O–H groups in total. The van der Waals surface area contributed by atoms with Crippen molar-refractivity contribution in [3.63, 3.8) is 0 Å². The van der Waals surface area contributed by atoms with Gasteiger partial charge < -0.3 is 33.7 Å². The molecule has 0 spiro atoms. The fourth-order valence-corrected chi connectivity index (χ4v) is 3.44. The predicted molar refractivity (Wildman–Crippen MR) is 120 cm³/mol. The van der Waals surface area contributed by atoms with Crippen molar-refractivity contribution in [1.82, 2.24) is 5.32 Å². The normalized spacial score (nSPS) is 23.7. The van der Waals surface area contributed by atoms with Crippen molar-refractivity contribution in [1.29, 1.82) is 0 Å². The van der Waals surface area contributed by atoms with E-state index in [4.69, 9.17) is 52.2 Å². The second-order valence-corrected chi connectivity index (χ2v) is 7.91. The van der Waals surface area contributed by atoms with Crippen LogP contribution in [0.2, 0.25) is 5.02 Å². The van der Waals surface area contributed by atoms with Gasteiger partial charge in [-0.3, -0.25) is 19.2 Å². The Morgan fingerprint density at radius 3 is 1.94 bits per heavy atom. The van der Waals surface area contributed by atoms with Gasteiger partial charge in [-0.15, -0.1) is 0 Å². The zero-order valence-corrected chi connectivity index (χ0v) is 20.3. The lowest BCUT2D eigenvalue weighted by Crippen LogP contribution is -2.66. The molecule has 186 valence electrons. The smallest absolute Gasteiger partial charge is 0.303 e. The van der Waals surface area contributed by atoms with Gasteiger partial charge in [-0.1, -0.05) is 11.6 Å². The number of thiocarbonyl (C=S) groups is 1. The average Bonchev–Trinajstić information content (AvgIpc) is 2.71. The summed E-state index contributed by atoms with van der Waals surface area (Å²) in [7, 11) is 0. The van der Waals surface area contributed by atoms with E-state index in [-0.39, 0.29) is 11.8 Å². The summed E-state index contributed by atoms with van der Waals surface area (Å²) in [5.41, 5.74) is 0. The number of rotatable bonds is 7. The van der Waals surface area contributed by atoms with E-state index in [1.165, 1.54) is 6.92 Å². The molecule has 1 aliphatic heterocycles. The minimum Gasteiger partial charge on any atom is -0.463 e. The van der Waals surface area contributed by atoms with Gasteiger partial charge in [-0.25, -0.2) is 0 Å². The second-order valence-electron chi connectivity index (χ2n) is 7.11. The van der Waals surface area contributed by atoms with Gasteiger partial charge in [0.1, 0.15) is 18.5 Å². The van der Waals surface area contributed by atoms with E-state index >= 15 is 0 Å². The van der Waals surface area contributed by atoms with Gasteiger partial charge in [0.25, 0.3) is 5.17 Å². The third kappa shape index (κ3) is 8.43. The summed E-state index contributed by atoms with van der Waals surface area (Å²) < 4.78 is 32.4. The number of ether oxygens (including phenoxy) is 6. The molecule has 0 unspecified atom stereocenters. The van der Waals surface area contributed by atoms with Crippen LogP contribution >= 0.6 is 23.8 Å². The van der Waals surface area contributed by atoms with Crippen molar-refractivity contribution in [3.8, 4) is 5.75 Å². The molecular weight excluding hydrogens is 494 g/mol. The molecule has 2 rings (SSSR count). The number of benzene rings is 1. The molecule has 5 atom stereocenters. The van der Waals surface area contributed by atoms with E-state index in [2.05, 4.69) is 5.32 Å². The largest absolute Gasteiger partial charge is 0.463 e. The standard InChI is InChI=1S/C21H24ClNO10S/c1-10(24)28-9-16-17(29-11(2)25)18(30-12(3)26)19(31-13(4)27)20(33-16)23-21(34)32-15-7-5-14(22)6-8-15/h5-8,16-20H,9H2,1-4H3,(H,23,34)/t16-,17+,18-,19-,20+/m0/s1. The Balaban J connectivity index is 2.35. The summed E-state index contributed by atoms with van der Waals surface area (Å²) in [5.74, 6) is -2.48. The van der Waals surface area contributed by atoms with Crippen LogP contribution in [0.1, 0.15) is 27.7 Å². The number of carbonyl (C=O) groups excluding carboxylic acids is 4. The second kappa shape index (κ2) is 12.5. The van der Waals surface area contributed by atoms with Crippen LogP contribution < -0.4 is 10.1 Å². The number of nitrogens with one attached hydrogen (secondary N) is 1. The van der Waals surface area contributed by atoms with Crippen LogP contribution in [0.3, 0.4) is 0 Å². The van der Waals surface area contributed by atoms with E-state index < -0.39 is 54.5 Å². The summed E-state index contributed by atoms with van der Waals surface area (Å²) in [6.45, 7) is 4.22. The molecule has 0 bridgehead atoms. The van der Waals surface area contributed by atoms with Gasteiger partial charge in [0, 0.05) is 32.7 Å². The molecule has 34 heavy (non-hydrogen) atoms. The van der Waals surface area contributed by atoms with E-state index in [1.807, 2.05) is 0 Å². The maximum Gasteiger partial charge on any atom is 0.303 e. The third-order valence-electron chi connectivity index (χ3n) is 4.28. The van der Waals surface area contributed by atoms with E-state index in [9.17, 15) is 19.2 Å². The number of hydrogen-bond donors (Lipinski definition) is 1. The predicted octanol–water partition coefficient (Wildman–Crippen LogP) is 1.68. The molecule has 13 heteroatoms. The van der Waals surface area contributed by atoms with Gasteiger partial charge in [0.05, 0.1) is 0 Å². The fraction of sp³-hybridized carbons (Fsp3) is 0.476. The van der Waals surface area contributed by atoms with Crippen molar-refractivity contribution < 1.29 is 47.6 Å². The Morgan fingerprint density at radius 2 is 1.41 bits per heavy atom. The van der Waals surface area contributed by atoms with Crippen molar-refractivity contribution in [2.45, 2.75) is 58.3 Å². The molecule has 1 fully saturated rings. The number of esters is 4. The van der Waals surface area contributed by atoms with Crippen molar-refractivity contribution in [3.05, 3.63) is 29.3 Å². The van der Waals surface area contributed by atoms with Crippen molar-refractivity contribution in [2.75, 3.05) is 6.61 Å². The van der Waals surface area contributed by atoms with Crippen LogP contribution in [0.25, 0.3) is 0 Å². The molecule has 0 amide bonds. The van der Waals surface area contributed by atoms with Gasteiger partial charge in [0.15, 0.2) is 24.5 Å². The Labute approximate surface area is 205 Å². The first kappa shape index (κ1) is 27.3. The summed E-state index contributed by atoms with van der Waals surface area (Å²) in [4.78, 5) is 46.8. The summed E-state index contributed by atoms with van der Waals surface area (Å²) in [6.07, 6.45) is -6.25. The molecule has 11 nitrogen and oxygen atoms in total. The van der Waals surface area contributed by atoms with Crippen LogP contribution in [-0.2, 0) is 42.9 Å². The minimum atomic E-state index is -1.32. The highest BCUT2D eigenvalue weighted by atomic mass is 35.5. The maximum atomic E-state index is 11.8. The minimum absolute atomic E-state index is 0.178. The number of hydrogen-bond acceptors (Lipinski definition) is 11. The Hall–Kier alpha value is -2.96. The monoisotopic (exact) mass is 517 g/mol. The molecule has 1 heterocycles. The molecule has 1 aliphatic rings. The molecule has 0 radical (unpaired) electrons. The highest BCUT2D eigenvalue weighted by molar-refractivity contribution is 7.80. The molecule has 1 aromatic rings. The molecule has 1 saturated heterocycles. The van der Waals surface area contributed by atoms with Crippen LogP contribution in [0, 0.1) is 0 Å². The quantitative estimate of drug-likeness (QED) is 0.320. The van der Waals surface area contributed by atoms with Crippen LogP contribution in [0.15, 0.2) is 24.3 Å². The van der Waals surface area contributed by atoms with Gasteiger partial charge in [-0.2, -0.15) is 0 Å². The first-order valence-corrected chi connectivity index (χ1v) is 10.8. The lowest BCUT2D eigenvalue weighted by Gasteiger charge is -2.44. The number of halogens is 1. The fourth-order valence-electron chi connectivity index (χ4n) is 3.10. The van der Waals surface area contributed by atoms with Crippen molar-refractivity contribution in [2.24, 2.45) is 0 Å². The van der Waals surface area contributed by atoms with Crippen LogP contribution in [-0.4, -0.2) is 66.3 Å². The van der Waals surface area contributed by atoms with Gasteiger partial charge in [-0.05, 0) is 36.5 Å². The topological polar surface area (TPSA) is 136 Å². The van der Waals surface area contributed by atoms with E-state index in [0.29, 0.717) is 10.8 Å². The molecule has 0 aliphatic carbocycles. The molecular formula is C21H24ClNO10S. The SMILES string of the molecule is CC(=O)OC[C@@H]1O[C@@H](NC(=S)Oc2ccc(Cl)cc2)[C@@H](OC(C)=O)[C@@H](OC(C)=O)[C@@H]1OC(C)=O. The third-order valence-corrected chi connectivity index (χ3v) is 4.73. The first-order chi connectivity index (χ1) is 16.0. The Kier molecular flexibility index (Phi) is 10.0. The van der Waals surface area contributed by atoms with E-state index in [0.717, 1.165) is 20.8 Å². The van der Waals surface area contributed by atoms with Gasteiger partial charge in [0.2, 0.25) is 0 Å². The molecule has 0 aromatic heterocycles. The highest BCUT2D eigenvalue weighted by Gasteiger charge is 2.52. The lowest BCUT2D eigenvalue weighted by atomic mass is 9.97. The molecule has 0 saturated carbocycles.